The van der Waals surface area contributed by atoms with E-state index in [2.05, 4.69) is 34.2 Å². The van der Waals surface area contributed by atoms with E-state index in [1.54, 1.807) is 6.20 Å². The molecule has 26 heavy (non-hydrogen) atoms. The number of nitrogens with one attached hydrogen (secondary N) is 1. The Labute approximate surface area is 152 Å². The molecule has 6 heteroatoms. The molecule has 134 valence electrons. The maximum absolute atomic E-state index is 12.5. The predicted octanol–water partition coefficient (Wildman–Crippen LogP) is 2.62. The van der Waals surface area contributed by atoms with Gasteiger partial charge in [-0.3, -0.25) is 9.78 Å². The van der Waals surface area contributed by atoms with Gasteiger partial charge >= 0.3 is 0 Å². The molecule has 0 radical (unpaired) electrons. The number of aromatic nitrogens is 4. The van der Waals surface area contributed by atoms with Crippen LogP contribution in [-0.4, -0.2) is 31.7 Å². The summed E-state index contributed by atoms with van der Waals surface area (Å²) < 4.78 is 1.95. The summed E-state index contributed by atoms with van der Waals surface area (Å²) in [6.45, 7) is 4.88. The Morgan fingerprint density at radius 2 is 2.19 bits per heavy atom. The van der Waals surface area contributed by atoms with Crippen LogP contribution in [0.2, 0.25) is 0 Å². The van der Waals surface area contributed by atoms with Crippen LogP contribution in [0.4, 0.5) is 0 Å². The Morgan fingerprint density at radius 3 is 3.04 bits per heavy atom. The first-order valence-corrected chi connectivity index (χ1v) is 9.15. The van der Waals surface area contributed by atoms with E-state index >= 15 is 0 Å². The second kappa shape index (κ2) is 6.86. The van der Waals surface area contributed by atoms with Gasteiger partial charge in [0.1, 0.15) is 5.82 Å². The first kappa shape index (κ1) is 16.7. The molecule has 1 aliphatic rings. The summed E-state index contributed by atoms with van der Waals surface area (Å²) in [6, 6.07) is 10.1. The monoisotopic (exact) mass is 349 g/mol. The van der Waals surface area contributed by atoms with E-state index in [1.165, 1.54) is 0 Å². The molecule has 0 fully saturated rings. The third-order valence-electron chi connectivity index (χ3n) is 4.77. The number of fused-ring (bicyclic) bond motifs is 2. The maximum Gasteiger partial charge on any atom is 0.224 e. The van der Waals surface area contributed by atoms with Crippen molar-refractivity contribution >= 4 is 16.8 Å². The molecule has 2 aromatic heterocycles. The molecule has 1 aliphatic heterocycles. The fraction of sp³-hybridized carbons (Fsp3) is 0.400. The highest BCUT2D eigenvalue weighted by molar-refractivity contribution is 5.82. The fourth-order valence-corrected chi connectivity index (χ4v) is 3.37. The lowest BCUT2D eigenvalue weighted by Crippen LogP contribution is -2.42. The Morgan fingerprint density at radius 1 is 1.35 bits per heavy atom. The number of benzene rings is 1. The van der Waals surface area contributed by atoms with E-state index in [-0.39, 0.29) is 11.9 Å². The number of hydrogen-bond donors (Lipinski definition) is 1. The third-order valence-corrected chi connectivity index (χ3v) is 4.77. The Balaban J connectivity index is 1.40. The first-order valence-electron chi connectivity index (χ1n) is 9.15. The van der Waals surface area contributed by atoms with Gasteiger partial charge in [0.15, 0.2) is 5.82 Å². The van der Waals surface area contributed by atoms with E-state index in [4.69, 9.17) is 0 Å². The Bertz CT molecular complexity index is 946. The zero-order valence-corrected chi connectivity index (χ0v) is 15.1. The molecule has 1 atom stereocenters. The minimum absolute atomic E-state index is 0.0275. The average molecular weight is 349 g/mol. The number of pyridine rings is 1. The van der Waals surface area contributed by atoms with Crippen LogP contribution >= 0.6 is 0 Å². The number of amides is 1. The van der Waals surface area contributed by atoms with Gasteiger partial charge in [0.05, 0.1) is 18.5 Å². The minimum Gasteiger partial charge on any atom is -0.351 e. The highest BCUT2D eigenvalue weighted by atomic mass is 16.1. The molecule has 0 unspecified atom stereocenters. The van der Waals surface area contributed by atoms with Gasteiger partial charge in [0.2, 0.25) is 5.91 Å². The van der Waals surface area contributed by atoms with Gasteiger partial charge in [0, 0.05) is 30.0 Å². The summed E-state index contributed by atoms with van der Waals surface area (Å²) in [5, 5.41) is 8.77. The van der Waals surface area contributed by atoms with Crippen molar-refractivity contribution in [2.24, 2.45) is 0 Å². The van der Waals surface area contributed by atoms with Crippen LogP contribution in [0.3, 0.4) is 0 Å². The predicted molar refractivity (Wildman–Crippen MR) is 99.8 cm³/mol. The molecule has 0 saturated heterocycles. The van der Waals surface area contributed by atoms with Crippen LogP contribution in [0.5, 0.6) is 0 Å². The van der Waals surface area contributed by atoms with Crippen LogP contribution in [0.15, 0.2) is 36.5 Å². The summed E-state index contributed by atoms with van der Waals surface area (Å²) in [4.78, 5) is 21.5. The standard InChI is InChI=1S/C20H23N5O/c1-13(2)20-23-18-8-7-16(12-25(18)24-20)22-19(26)10-14-9-15-5-3-4-6-17(15)21-11-14/h3-6,9,11,13,16H,7-8,10,12H2,1-2H3,(H,22,26)/t16-/m0/s1. The van der Waals surface area contributed by atoms with E-state index in [9.17, 15) is 4.79 Å². The van der Waals surface area contributed by atoms with Crippen LogP contribution in [-0.2, 0) is 24.2 Å². The highest BCUT2D eigenvalue weighted by Gasteiger charge is 2.23. The summed E-state index contributed by atoms with van der Waals surface area (Å²) in [5.74, 6) is 2.26. The summed E-state index contributed by atoms with van der Waals surface area (Å²) in [6.07, 6.45) is 3.88. The van der Waals surface area contributed by atoms with Gasteiger partial charge in [-0.15, -0.1) is 0 Å². The maximum atomic E-state index is 12.5. The summed E-state index contributed by atoms with van der Waals surface area (Å²) >= 11 is 0. The molecule has 0 bridgehead atoms. The molecular weight excluding hydrogens is 326 g/mol. The molecule has 0 saturated carbocycles. The van der Waals surface area contributed by atoms with E-state index in [1.807, 2.05) is 35.0 Å². The molecule has 4 rings (SSSR count). The third kappa shape index (κ3) is 3.45. The quantitative estimate of drug-likeness (QED) is 0.786. The number of para-hydroxylation sites is 1. The summed E-state index contributed by atoms with van der Waals surface area (Å²) in [5.41, 5.74) is 1.88. The van der Waals surface area contributed by atoms with Crippen LogP contribution < -0.4 is 5.32 Å². The largest absolute Gasteiger partial charge is 0.351 e. The van der Waals surface area contributed by atoms with Gasteiger partial charge in [0.25, 0.3) is 0 Å². The number of carbonyl (C=O) groups is 1. The molecule has 6 nitrogen and oxygen atoms in total. The molecule has 0 aliphatic carbocycles. The second-order valence-electron chi connectivity index (χ2n) is 7.24. The number of carbonyl (C=O) groups excluding carboxylic acids is 1. The van der Waals surface area contributed by atoms with Crippen molar-refractivity contribution in [3.05, 3.63) is 53.7 Å². The van der Waals surface area contributed by atoms with Gasteiger partial charge in [-0.2, -0.15) is 5.10 Å². The van der Waals surface area contributed by atoms with Gasteiger partial charge in [-0.1, -0.05) is 32.0 Å². The minimum atomic E-state index is 0.0275. The number of nitrogens with zero attached hydrogens (tertiary/aromatic N) is 4. The zero-order valence-electron chi connectivity index (χ0n) is 15.1. The lowest BCUT2D eigenvalue weighted by molar-refractivity contribution is -0.121. The Hall–Kier alpha value is -2.76. The van der Waals surface area contributed by atoms with Crippen molar-refractivity contribution in [1.82, 2.24) is 25.1 Å². The summed E-state index contributed by atoms with van der Waals surface area (Å²) in [7, 11) is 0. The van der Waals surface area contributed by atoms with Crippen molar-refractivity contribution in [1.29, 1.82) is 0 Å². The smallest absolute Gasteiger partial charge is 0.224 e. The molecule has 3 heterocycles. The zero-order chi connectivity index (χ0) is 18.1. The normalized spacial score (nSPS) is 16.7. The molecule has 1 amide bonds. The molecule has 1 aromatic carbocycles. The van der Waals surface area contributed by atoms with Crippen LogP contribution in [0.1, 0.15) is 43.4 Å². The van der Waals surface area contributed by atoms with E-state index in [0.717, 1.165) is 41.0 Å². The molecule has 3 aromatic rings. The van der Waals surface area contributed by atoms with Gasteiger partial charge in [-0.05, 0) is 24.1 Å². The van der Waals surface area contributed by atoms with Crippen molar-refractivity contribution in [2.45, 2.75) is 51.6 Å². The van der Waals surface area contributed by atoms with E-state index in [0.29, 0.717) is 18.9 Å². The van der Waals surface area contributed by atoms with Crippen molar-refractivity contribution in [3.8, 4) is 0 Å². The lowest BCUT2D eigenvalue weighted by atomic mass is 10.1. The van der Waals surface area contributed by atoms with Gasteiger partial charge in [-0.25, -0.2) is 9.67 Å². The average Bonchev–Trinajstić information content (AvgIpc) is 3.05. The Kier molecular flexibility index (Phi) is 4.41. The van der Waals surface area contributed by atoms with Crippen LogP contribution in [0, 0.1) is 0 Å². The fourth-order valence-electron chi connectivity index (χ4n) is 3.37. The number of hydrogen-bond acceptors (Lipinski definition) is 4. The van der Waals surface area contributed by atoms with Gasteiger partial charge < -0.3 is 5.32 Å². The van der Waals surface area contributed by atoms with Crippen molar-refractivity contribution in [3.63, 3.8) is 0 Å². The lowest BCUT2D eigenvalue weighted by Gasteiger charge is -2.23. The second-order valence-corrected chi connectivity index (χ2v) is 7.24. The number of rotatable bonds is 4. The van der Waals surface area contributed by atoms with Crippen LogP contribution in [0.25, 0.3) is 10.9 Å². The molecular formula is C20H23N5O. The number of aryl methyl sites for hydroxylation is 1. The topological polar surface area (TPSA) is 72.7 Å². The molecule has 1 N–H and O–H groups in total. The highest BCUT2D eigenvalue weighted by Crippen LogP contribution is 2.17. The van der Waals surface area contributed by atoms with E-state index < -0.39 is 0 Å². The van der Waals surface area contributed by atoms with Crippen molar-refractivity contribution in [2.75, 3.05) is 0 Å². The first-order chi connectivity index (χ1) is 12.6. The SMILES string of the molecule is CC(C)c1nc2n(n1)C[C@@H](NC(=O)Cc1cnc3ccccc3c1)CC2. The van der Waals surface area contributed by atoms with Crippen molar-refractivity contribution < 1.29 is 4.79 Å². The molecule has 0 spiro atoms.